The number of nitrogens with one attached hydrogen (secondary N) is 4. The Morgan fingerprint density at radius 1 is 0.890 bits per heavy atom. The third kappa shape index (κ3) is 11.2. The number of benzene rings is 3. The van der Waals surface area contributed by atoms with Crippen molar-refractivity contribution in [3.63, 3.8) is 0 Å². The van der Waals surface area contributed by atoms with Crippen LogP contribution in [0.15, 0.2) is 77.9 Å². The maximum atomic E-state index is 13.6. The molecule has 73 heavy (non-hydrogen) atoms. The fourth-order valence-electron chi connectivity index (χ4n) is 9.19. The molecule has 5 N–H and O–H groups in total. The van der Waals surface area contributed by atoms with E-state index in [-0.39, 0.29) is 29.9 Å². The van der Waals surface area contributed by atoms with Gasteiger partial charge in [0.25, 0.3) is 11.8 Å². The predicted molar refractivity (Wildman–Crippen MR) is 278 cm³/mol. The third-order valence-electron chi connectivity index (χ3n) is 12.7. The number of aliphatic hydroxyl groups excluding tert-OH is 1. The van der Waals surface area contributed by atoms with Crippen LogP contribution in [0.4, 0.5) is 34.5 Å². The molecule has 2 atom stereocenters. The maximum Gasteiger partial charge on any atom is 0.264 e. The lowest BCUT2D eigenvalue weighted by atomic mass is 10.0. The molecule has 6 aromatic rings. The van der Waals surface area contributed by atoms with E-state index in [1.807, 2.05) is 48.6 Å². The van der Waals surface area contributed by atoms with Crippen molar-refractivity contribution in [3.05, 3.63) is 89.0 Å². The Balaban J connectivity index is 0.762. The molecule has 24 heteroatoms. The van der Waals surface area contributed by atoms with Crippen LogP contribution in [0.25, 0.3) is 22.2 Å². The van der Waals surface area contributed by atoms with Gasteiger partial charge in [-0.25, -0.2) is 4.98 Å². The van der Waals surface area contributed by atoms with Crippen molar-refractivity contribution in [1.82, 2.24) is 44.8 Å². The number of aryl methyl sites for hydroxylation is 1. The van der Waals surface area contributed by atoms with Crippen molar-refractivity contribution in [3.8, 4) is 16.9 Å². The molecule has 3 aromatic carbocycles. The van der Waals surface area contributed by atoms with E-state index >= 15 is 0 Å². The highest BCUT2D eigenvalue weighted by molar-refractivity contribution is 9.10. The van der Waals surface area contributed by atoms with Crippen molar-refractivity contribution in [2.75, 3.05) is 100 Å². The number of amides is 4. The van der Waals surface area contributed by atoms with Gasteiger partial charge in [-0.3, -0.25) is 48.9 Å². The second-order valence-corrected chi connectivity index (χ2v) is 22.0. The zero-order valence-electron chi connectivity index (χ0n) is 40.6. The predicted octanol–water partition coefficient (Wildman–Crippen LogP) is 4.70. The van der Waals surface area contributed by atoms with Gasteiger partial charge in [-0.1, -0.05) is 6.07 Å². The van der Waals surface area contributed by atoms with Gasteiger partial charge < -0.3 is 44.7 Å². The summed E-state index contributed by atoms with van der Waals surface area (Å²) in [5.41, 5.74) is 5.99. The van der Waals surface area contributed by atoms with Gasteiger partial charge in [0.2, 0.25) is 17.8 Å². The number of carbonyl (C=O) groups excluding carboxylic acids is 4. The molecule has 4 amide bonds. The minimum absolute atomic E-state index is 0.0459. The van der Waals surface area contributed by atoms with E-state index in [9.17, 15) is 28.8 Å². The topological polar surface area (TPSA) is 260 Å². The number of methoxy groups -OCH3 is 1. The van der Waals surface area contributed by atoms with E-state index < -0.39 is 43.0 Å². The van der Waals surface area contributed by atoms with Crippen LogP contribution in [-0.4, -0.2) is 160 Å². The second kappa shape index (κ2) is 22.1. The third-order valence-corrected chi connectivity index (χ3v) is 14.8. The fraction of sp³-hybridized carbons (Fsp3) is 0.367. The Labute approximate surface area is 428 Å². The molecule has 0 spiro atoms. The summed E-state index contributed by atoms with van der Waals surface area (Å²) in [6, 6.07) is 11.5. The lowest BCUT2D eigenvalue weighted by molar-refractivity contribution is -0.136. The van der Waals surface area contributed by atoms with Crippen LogP contribution in [0, 0.1) is 0 Å². The number of aliphatic hydroxyl groups is 1. The van der Waals surface area contributed by atoms with Gasteiger partial charge in [-0.15, -0.1) is 0 Å². The molecule has 382 valence electrons. The molecule has 0 radical (unpaired) electrons. The number of fused-ring (bicyclic) bond motifs is 2. The summed E-state index contributed by atoms with van der Waals surface area (Å²) >= 11 is 3.58. The number of nitrogens with zero attached hydrogens (tertiary/aromatic N) is 9. The summed E-state index contributed by atoms with van der Waals surface area (Å²) in [4.78, 5) is 74.1. The van der Waals surface area contributed by atoms with E-state index in [2.05, 4.69) is 62.1 Å². The fourth-order valence-corrected chi connectivity index (χ4v) is 10.9. The number of imide groups is 2. The number of hydrogen-bond acceptors (Lipinski definition) is 19. The number of carbonyl (C=O) groups is 4. The Kier molecular flexibility index (Phi) is 15.4. The quantitative estimate of drug-likeness (QED) is 0.0394. The molecule has 6 heterocycles. The number of halogens is 1. The Morgan fingerprint density at radius 2 is 1.67 bits per heavy atom. The molecule has 0 bridgehead atoms. The minimum Gasteiger partial charge on any atom is -0.494 e. The van der Waals surface area contributed by atoms with Crippen LogP contribution in [-0.2, 0) is 30.7 Å². The van der Waals surface area contributed by atoms with Gasteiger partial charge in [0.15, 0.2) is 0 Å². The minimum atomic E-state index is -2.83. The van der Waals surface area contributed by atoms with E-state index in [0.717, 1.165) is 21.7 Å². The van der Waals surface area contributed by atoms with E-state index in [1.165, 1.54) is 0 Å². The summed E-state index contributed by atoms with van der Waals surface area (Å²) in [6.07, 6.45) is 8.41. The monoisotopic (exact) mass is 1080 g/mol. The van der Waals surface area contributed by atoms with Crippen molar-refractivity contribution in [2.24, 2.45) is 7.05 Å². The molecule has 0 saturated carbocycles. The standard InChI is InChI=1S/C49H55BrN13O9P/c1-60-28-29(26-55-60)31-24-36(57-49-54-27-32(50)45(59-49)56-35-9-8-34-43(53-14-13-51-34)44(35)73(3,4)69)39(70-2)25-38(31)61-16-18-62(19-17-61)41(65)12-20-71-22-23-72-21-15-52-33-7-5-6-30-42(33)48(68)63(47(30)67)37-10-11-40(64)58-46(37)66/h5-9,13-14,24-28,37,41,52,65H,10-12,15-23H2,1-4H3,(H,58,64,66)(H2,54,56,57,59). The molecule has 3 aromatic heterocycles. The highest BCUT2D eigenvalue weighted by atomic mass is 79.9. The SMILES string of the molecule is COc1cc(N2CCN(C(O)CCOCCOCCNc3cccc4c3C(=O)N(C3CCC(=O)NC3=O)C4=O)CC2)c(-c2cnn(C)c2)cc1Nc1ncc(Br)c(Nc2ccc3nccnc3c2P(C)(C)=O)n1. The molecule has 9 rings (SSSR count). The first-order valence-electron chi connectivity index (χ1n) is 23.7. The molecule has 3 aliphatic rings. The highest BCUT2D eigenvalue weighted by Gasteiger charge is 2.45. The van der Waals surface area contributed by atoms with Crippen LogP contribution >= 0.6 is 23.1 Å². The second-order valence-electron chi connectivity index (χ2n) is 18.0. The molecule has 2 fully saturated rings. The van der Waals surface area contributed by atoms with Crippen LogP contribution in [0.3, 0.4) is 0 Å². The van der Waals surface area contributed by atoms with Gasteiger partial charge in [0.05, 0.1) is 77.5 Å². The molecule has 0 aliphatic carbocycles. The van der Waals surface area contributed by atoms with Crippen LogP contribution in [0.2, 0.25) is 0 Å². The lowest BCUT2D eigenvalue weighted by Crippen LogP contribution is -2.54. The zero-order chi connectivity index (χ0) is 51.4. The largest absolute Gasteiger partial charge is 0.494 e. The van der Waals surface area contributed by atoms with E-state index in [1.54, 1.807) is 61.9 Å². The number of piperazine rings is 1. The number of hydrogen-bond donors (Lipinski definition) is 5. The molecule has 3 aliphatic heterocycles. The van der Waals surface area contributed by atoms with Crippen molar-refractivity contribution in [1.29, 1.82) is 0 Å². The van der Waals surface area contributed by atoms with Gasteiger partial charge in [0.1, 0.15) is 36.5 Å². The first-order valence-corrected chi connectivity index (χ1v) is 27.1. The van der Waals surface area contributed by atoms with E-state index in [4.69, 9.17) is 19.2 Å². The van der Waals surface area contributed by atoms with Gasteiger partial charge in [-0.2, -0.15) is 10.1 Å². The summed E-state index contributed by atoms with van der Waals surface area (Å²) in [7, 11) is 0.641. The van der Waals surface area contributed by atoms with Gasteiger partial charge >= 0.3 is 0 Å². The zero-order valence-corrected chi connectivity index (χ0v) is 43.1. The Bertz CT molecular complexity index is 3130. The Morgan fingerprint density at radius 3 is 2.41 bits per heavy atom. The first-order chi connectivity index (χ1) is 35.2. The van der Waals surface area contributed by atoms with Crippen LogP contribution in [0.1, 0.15) is 40.0 Å². The normalized spacial score (nSPS) is 16.7. The smallest absolute Gasteiger partial charge is 0.264 e. The number of anilines is 6. The summed E-state index contributed by atoms with van der Waals surface area (Å²) in [6.45, 7) is 7.45. The molecule has 2 unspecified atom stereocenters. The van der Waals surface area contributed by atoms with Crippen LogP contribution < -0.4 is 36.2 Å². The average Bonchev–Trinajstić information content (AvgIpc) is 3.92. The first kappa shape index (κ1) is 51.0. The molecular weight excluding hydrogens is 1030 g/mol. The summed E-state index contributed by atoms with van der Waals surface area (Å²) < 4.78 is 33.4. The van der Waals surface area contributed by atoms with Crippen molar-refractivity contribution in [2.45, 2.75) is 31.5 Å². The molecule has 22 nitrogen and oxygen atoms in total. The molecule has 2 saturated heterocycles. The Hall–Kier alpha value is -6.88. The number of ether oxygens (including phenoxy) is 3. The number of aromatic nitrogens is 6. The summed E-state index contributed by atoms with van der Waals surface area (Å²) in [5, 5.41) is 28.3. The number of rotatable bonds is 20. The number of piperidine rings is 1. The summed E-state index contributed by atoms with van der Waals surface area (Å²) in [5.74, 6) is -0.946. The highest BCUT2D eigenvalue weighted by Crippen LogP contribution is 2.43. The van der Waals surface area contributed by atoms with Crippen molar-refractivity contribution >= 4 is 97.6 Å². The van der Waals surface area contributed by atoms with E-state index in [0.29, 0.717) is 115 Å². The van der Waals surface area contributed by atoms with Gasteiger partial charge in [0, 0.05) is 106 Å². The maximum absolute atomic E-state index is 13.6. The van der Waals surface area contributed by atoms with Crippen LogP contribution in [0.5, 0.6) is 5.75 Å². The molecular formula is C49H55BrN13O9P. The lowest BCUT2D eigenvalue weighted by Gasteiger charge is -2.39. The van der Waals surface area contributed by atoms with Gasteiger partial charge in [-0.05, 0) is 66.0 Å². The van der Waals surface area contributed by atoms with Crippen molar-refractivity contribution < 1.29 is 43.1 Å². The average molecular weight is 1080 g/mol.